The Balaban J connectivity index is 1.60. The summed E-state index contributed by atoms with van der Waals surface area (Å²) in [5.41, 5.74) is 5.83. The van der Waals surface area contributed by atoms with Crippen molar-refractivity contribution in [1.82, 2.24) is 4.90 Å². The maximum atomic E-state index is 12.5. The highest BCUT2D eigenvalue weighted by Crippen LogP contribution is 2.23. The summed E-state index contributed by atoms with van der Waals surface area (Å²) in [7, 11) is 0. The van der Waals surface area contributed by atoms with Crippen molar-refractivity contribution in [3.05, 3.63) is 59.2 Å². The summed E-state index contributed by atoms with van der Waals surface area (Å²) in [5, 5.41) is 3.02. The molecule has 0 spiro atoms. The number of benzene rings is 2. The molecular formula is C20H25N3O. The predicted molar refractivity (Wildman–Crippen MR) is 99.9 cm³/mol. The van der Waals surface area contributed by atoms with Gasteiger partial charge in [0, 0.05) is 37.6 Å². The molecule has 0 radical (unpaired) electrons. The van der Waals surface area contributed by atoms with Crippen LogP contribution in [-0.2, 0) is 0 Å². The van der Waals surface area contributed by atoms with Crippen LogP contribution in [0.2, 0.25) is 0 Å². The maximum Gasteiger partial charge on any atom is 0.321 e. The lowest BCUT2D eigenvalue weighted by Gasteiger charge is -2.36. The van der Waals surface area contributed by atoms with E-state index in [0.717, 1.165) is 37.4 Å². The number of hydrogen-bond acceptors (Lipinski definition) is 2. The quantitative estimate of drug-likeness (QED) is 0.908. The molecule has 2 aromatic rings. The van der Waals surface area contributed by atoms with Crippen LogP contribution in [0.4, 0.5) is 16.2 Å². The molecule has 1 aliphatic heterocycles. The Morgan fingerprint density at radius 1 is 0.917 bits per heavy atom. The third kappa shape index (κ3) is 3.53. The third-order valence-corrected chi connectivity index (χ3v) is 4.65. The Hall–Kier alpha value is -2.49. The first-order valence-electron chi connectivity index (χ1n) is 8.48. The van der Waals surface area contributed by atoms with E-state index in [2.05, 4.69) is 42.3 Å². The van der Waals surface area contributed by atoms with E-state index in [0.29, 0.717) is 0 Å². The normalized spacial score (nSPS) is 14.6. The molecule has 0 unspecified atom stereocenters. The lowest BCUT2D eigenvalue weighted by molar-refractivity contribution is 0.208. The molecule has 0 aromatic heterocycles. The second-order valence-electron chi connectivity index (χ2n) is 6.51. The number of carbonyl (C=O) groups excluding carboxylic acids is 1. The van der Waals surface area contributed by atoms with Gasteiger partial charge < -0.3 is 15.1 Å². The van der Waals surface area contributed by atoms with Crippen LogP contribution in [0.25, 0.3) is 0 Å². The molecule has 3 rings (SSSR count). The topological polar surface area (TPSA) is 35.6 Å². The Kier molecular flexibility index (Phi) is 4.74. The minimum absolute atomic E-state index is 0.00965. The largest absolute Gasteiger partial charge is 0.368 e. The fourth-order valence-electron chi connectivity index (χ4n) is 3.22. The van der Waals surface area contributed by atoms with Gasteiger partial charge in [-0.15, -0.1) is 0 Å². The van der Waals surface area contributed by atoms with Gasteiger partial charge in [0.2, 0.25) is 0 Å². The van der Waals surface area contributed by atoms with Crippen molar-refractivity contribution in [3.8, 4) is 0 Å². The van der Waals surface area contributed by atoms with Gasteiger partial charge in [0.25, 0.3) is 0 Å². The lowest BCUT2D eigenvalue weighted by atomic mass is 10.1. The predicted octanol–water partition coefficient (Wildman–Crippen LogP) is 3.97. The average molecular weight is 323 g/mol. The smallest absolute Gasteiger partial charge is 0.321 e. The molecule has 4 heteroatoms. The van der Waals surface area contributed by atoms with E-state index in [1.54, 1.807) is 0 Å². The van der Waals surface area contributed by atoms with Gasteiger partial charge in [-0.05, 0) is 44.0 Å². The van der Waals surface area contributed by atoms with E-state index in [1.165, 1.54) is 16.8 Å². The Morgan fingerprint density at radius 3 is 2.29 bits per heavy atom. The number of hydrogen-bond donors (Lipinski definition) is 1. The zero-order chi connectivity index (χ0) is 17.1. The number of anilines is 2. The van der Waals surface area contributed by atoms with Gasteiger partial charge in [-0.3, -0.25) is 0 Å². The minimum atomic E-state index is -0.00965. The van der Waals surface area contributed by atoms with Gasteiger partial charge in [-0.1, -0.05) is 35.9 Å². The van der Waals surface area contributed by atoms with Crippen LogP contribution in [-0.4, -0.2) is 37.1 Å². The molecule has 1 heterocycles. The van der Waals surface area contributed by atoms with Gasteiger partial charge in [0.1, 0.15) is 0 Å². The molecule has 0 atom stereocenters. The Labute approximate surface area is 144 Å². The summed E-state index contributed by atoms with van der Waals surface area (Å²) in [4.78, 5) is 16.7. The molecular weight excluding hydrogens is 298 g/mol. The van der Waals surface area contributed by atoms with Crippen molar-refractivity contribution in [2.24, 2.45) is 0 Å². The lowest BCUT2D eigenvalue weighted by Crippen LogP contribution is -2.50. The Morgan fingerprint density at radius 2 is 1.62 bits per heavy atom. The van der Waals surface area contributed by atoms with Gasteiger partial charge in [-0.2, -0.15) is 0 Å². The van der Waals surface area contributed by atoms with Crippen LogP contribution >= 0.6 is 0 Å². The van der Waals surface area contributed by atoms with Crippen molar-refractivity contribution in [2.75, 3.05) is 36.4 Å². The van der Waals surface area contributed by atoms with E-state index in [-0.39, 0.29) is 6.03 Å². The number of nitrogens with one attached hydrogen (secondary N) is 1. The van der Waals surface area contributed by atoms with Crippen LogP contribution in [0, 0.1) is 20.8 Å². The van der Waals surface area contributed by atoms with E-state index in [4.69, 9.17) is 0 Å². The van der Waals surface area contributed by atoms with E-state index in [1.807, 2.05) is 36.1 Å². The molecule has 4 nitrogen and oxygen atoms in total. The highest BCUT2D eigenvalue weighted by Gasteiger charge is 2.22. The van der Waals surface area contributed by atoms with Crippen molar-refractivity contribution < 1.29 is 4.79 Å². The number of para-hydroxylation sites is 1. The fraction of sp³-hybridized carbons (Fsp3) is 0.350. The van der Waals surface area contributed by atoms with Gasteiger partial charge in [-0.25, -0.2) is 4.79 Å². The number of amides is 2. The highest BCUT2D eigenvalue weighted by molar-refractivity contribution is 5.90. The van der Waals surface area contributed by atoms with Crippen LogP contribution in [0.1, 0.15) is 16.7 Å². The fourth-order valence-corrected chi connectivity index (χ4v) is 3.22. The van der Waals surface area contributed by atoms with Crippen molar-refractivity contribution in [2.45, 2.75) is 20.8 Å². The molecule has 1 aliphatic rings. The molecule has 2 amide bonds. The SMILES string of the molecule is Cc1ccc(N2CCN(C(=O)Nc3ccccc3C)CC2)c(C)c1. The first-order valence-corrected chi connectivity index (χ1v) is 8.48. The van der Waals surface area contributed by atoms with Crippen LogP contribution < -0.4 is 10.2 Å². The summed E-state index contributed by atoms with van der Waals surface area (Å²) < 4.78 is 0. The zero-order valence-electron chi connectivity index (χ0n) is 14.7. The molecule has 126 valence electrons. The zero-order valence-corrected chi connectivity index (χ0v) is 14.7. The first-order chi connectivity index (χ1) is 11.5. The maximum absolute atomic E-state index is 12.5. The molecule has 0 bridgehead atoms. The highest BCUT2D eigenvalue weighted by atomic mass is 16.2. The minimum Gasteiger partial charge on any atom is -0.368 e. The standard InChI is InChI=1S/C20H25N3O/c1-15-8-9-19(17(3)14-15)22-10-12-23(13-11-22)20(24)21-18-7-5-4-6-16(18)2/h4-9,14H,10-13H2,1-3H3,(H,21,24). The third-order valence-electron chi connectivity index (χ3n) is 4.65. The number of carbonyl (C=O) groups is 1. The molecule has 2 aromatic carbocycles. The number of nitrogens with zero attached hydrogens (tertiary/aromatic N) is 2. The summed E-state index contributed by atoms with van der Waals surface area (Å²) in [6.07, 6.45) is 0. The van der Waals surface area contributed by atoms with Gasteiger partial charge in [0.05, 0.1) is 0 Å². The summed E-state index contributed by atoms with van der Waals surface area (Å²) in [6.45, 7) is 9.49. The first kappa shape index (κ1) is 16.4. The second kappa shape index (κ2) is 6.95. The number of urea groups is 1. The van der Waals surface area contributed by atoms with Gasteiger partial charge >= 0.3 is 6.03 Å². The summed E-state index contributed by atoms with van der Waals surface area (Å²) in [6, 6.07) is 14.4. The molecule has 1 N–H and O–H groups in total. The van der Waals surface area contributed by atoms with Crippen LogP contribution in [0.5, 0.6) is 0 Å². The molecule has 24 heavy (non-hydrogen) atoms. The van der Waals surface area contributed by atoms with E-state index >= 15 is 0 Å². The van der Waals surface area contributed by atoms with E-state index in [9.17, 15) is 4.79 Å². The van der Waals surface area contributed by atoms with Crippen LogP contribution in [0.3, 0.4) is 0 Å². The second-order valence-corrected chi connectivity index (χ2v) is 6.51. The van der Waals surface area contributed by atoms with Crippen LogP contribution in [0.15, 0.2) is 42.5 Å². The van der Waals surface area contributed by atoms with Crippen molar-refractivity contribution in [3.63, 3.8) is 0 Å². The van der Waals surface area contributed by atoms with Gasteiger partial charge in [0.15, 0.2) is 0 Å². The summed E-state index contributed by atoms with van der Waals surface area (Å²) >= 11 is 0. The monoisotopic (exact) mass is 323 g/mol. The molecule has 0 aliphatic carbocycles. The number of rotatable bonds is 2. The molecule has 1 fully saturated rings. The summed E-state index contributed by atoms with van der Waals surface area (Å²) in [5.74, 6) is 0. The number of piperazine rings is 1. The molecule has 0 saturated carbocycles. The van der Waals surface area contributed by atoms with Crippen molar-refractivity contribution in [1.29, 1.82) is 0 Å². The number of aryl methyl sites for hydroxylation is 3. The Bertz CT molecular complexity index is 733. The van der Waals surface area contributed by atoms with E-state index < -0.39 is 0 Å². The van der Waals surface area contributed by atoms with Crippen molar-refractivity contribution >= 4 is 17.4 Å². The molecule has 1 saturated heterocycles. The average Bonchev–Trinajstić information content (AvgIpc) is 2.57.